The maximum Gasteiger partial charge on any atom is 0.407 e. The molecule has 14 heteroatoms. The Kier molecular flexibility index (Phi) is 9.98. The summed E-state index contributed by atoms with van der Waals surface area (Å²) in [5.74, 6) is 0. The van der Waals surface area contributed by atoms with Crippen molar-refractivity contribution in [3.05, 3.63) is 36.8 Å². The van der Waals surface area contributed by atoms with Crippen molar-refractivity contribution in [2.75, 3.05) is 37.3 Å². The molecule has 2 atom stereocenters. The highest BCUT2D eigenvalue weighted by Gasteiger charge is 2.42. The van der Waals surface area contributed by atoms with Gasteiger partial charge in [-0.25, -0.2) is 9.78 Å². The Morgan fingerprint density at radius 1 is 1.20 bits per heavy atom. The molecule has 0 radical (unpaired) electrons. The minimum absolute atomic E-state index is 0.184. The minimum Gasteiger partial charge on any atom is -0.465 e. The first-order valence-electron chi connectivity index (χ1n) is 15.0. The zero-order valence-electron chi connectivity index (χ0n) is 27.1. The molecule has 1 fully saturated rings. The van der Waals surface area contributed by atoms with Crippen LogP contribution in [0.5, 0.6) is 0 Å². The van der Waals surface area contributed by atoms with E-state index in [0.717, 1.165) is 39.9 Å². The molecule has 44 heavy (non-hydrogen) atoms. The average molecular weight is 646 g/mol. The Balaban J connectivity index is 1.79. The molecule has 3 aromatic heterocycles. The van der Waals surface area contributed by atoms with Gasteiger partial charge in [0.1, 0.15) is 12.4 Å². The number of nitrogens with one attached hydrogen (secondary N) is 2. The first-order chi connectivity index (χ1) is 20.5. The van der Waals surface area contributed by atoms with Crippen LogP contribution in [0.15, 0.2) is 36.8 Å². The van der Waals surface area contributed by atoms with Gasteiger partial charge in [0.25, 0.3) is 0 Å². The van der Waals surface area contributed by atoms with E-state index in [9.17, 15) is 18.3 Å². The van der Waals surface area contributed by atoms with Gasteiger partial charge < -0.3 is 24.6 Å². The standard InChI is InChI=1S/C30H47N7O5SSi/c1-30(2,3)27-24(10-9-14-37(27)29(38)39)33-26-22-12-15-36(20-42-16-17-44(6,7)8)28(22)32-19-23(26)25-18-21(11-13-31-25)34-43(40,41)35(4)5/h11-13,15,18-19,24,27H,9-10,14,16-17,20H2,1-8H3,(H,31,34)(H,32,33)(H,38,39). The molecule has 0 saturated carbocycles. The maximum absolute atomic E-state index is 12.5. The first kappa shape index (κ1) is 33.7. The third-order valence-electron chi connectivity index (χ3n) is 7.87. The lowest BCUT2D eigenvalue weighted by Crippen LogP contribution is -2.58. The first-order valence-corrected chi connectivity index (χ1v) is 20.1. The smallest absolute Gasteiger partial charge is 0.407 e. The molecule has 4 heterocycles. The lowest BCUT2D eigenvalue weighted by molar-refractivity contribution is 0.0519. The second-order valence-corrected chi connectivity index (χ2v) is 21.4. The Bertz CT molecular complexity index is 1580. The normalized spacial score (nSPS) is 18.2. The fourth-order valence-corrected chi connectivity index (χ4v) is 7.00. The summed E-state index contributed by atoms with van der Waals surface area (Å²) in [5, 5.41) is 14.7. The largest absolute Gasteiger partial charge is 0.465 e. The van der Waals surface area contributed by atoms with Gasteiger partial charge in [0.05, 0.1) is 23.1 Å². The van der Waals surface area contributed by atoms with Gasteiger partial charge in [-0.1, -0.05) is 40.4 Å². The summed E-state index contributed by atoms with van der Waals surface area (Å²) in [6.45, 7) is 14.7. The third-order valence-corrected chi connectivity index (χ3v) is 11.0. The van der Waals surface area contributed by atoms with E-state index in [1.165, 1.54) is 14.1 Å². The summed E-state index contributed by atoms with van der Waals surface area (Å²) in [6.07, 6.45) is 5.82. The molecular weight excluding hydrogens is 599 g/mol. The van der Waals surface area contributed by atoms with Gasteiger partial charge in [-0.2, -0.15) is 12.7 Å². The Hall–Kier alpha value is -3.20. The SMILES string of the molecule is CN(C)S(=O)(=O)Nc1ccnc(-c2cnc3c(ccn3COCC[Si](C)(C)C)c2NC2CCCN(C(=O)O)C2C(C)(C)C)c1. The molecule has 0 bridgehead atoms. The van der Waals surface area contributed by atoms with Crippen molar-refractivity contribution in [3.8, 4) is 11.3 Å². The van der Waals surface area contributed by atoms with Crippen LogP contribution in [0, 0.1) is 5.41 Å². The van der Waals surface area contributed by atoms with E-state index >= 15 is 0 Å². The van der Waals surface area contributed by atoms with Crippen LogP contribution in [0.2, 0.25) is 25.7 Å². The summed E-state index contributed by atoms with van der Waals surface area (Å²) in [5.41, 5.74) is 2.74. The topological polar surface area (TPSA) is 142 Å². The van der Waals surface area contributed by atoms with Crippen molar-refractivity contribution >= 4 is 46.8 Å². The number of likely N-dealkylation sites (tertiary alicyclic amines) is 1. The highest BCUT2D eigenvalue weighted by molar-refractivity contribution is 7.90. The zero-order chi connectivity index (χ0) is 32.4. The van der Waals surface area contributed by atoms with Gasteiger partial charge in [0, 0.05) is 70.9 Å². The van der Waals surface area contributed by atoms with E-state index in [0.29, 0.717) is 36.8 Å². The molecule has 3 aromatic rings. The Morgan fingerprint density at radius 3 is 2.57 bits per heavy atom. The molecule has 1 aliphatic heterocycles. The zero-order valence-corrected chi connectivity index (χ0v) is 28.9. The number of aromatic nitrogens is 3. The number of piperidine rings is 1. The molecule has 2 unspecified atom stereocenters. The van der Waals surface area contributed by atoms with Crippen LogP contribution in [0.3, 0.4) is 0 Å². The van der Waals surface area contributed by atoms with Crippen LogP contribution in [0.25, 0.3) is 22.3 Å². The van der Waals surface area contributed by atoms with Gasteiger partial charge in [0.2, 0.25) is 0 Å². The number of carbonyl (C=O) groups is 1. The fraction of sp³-hybridized carbons (Fsp3) is 0.567. The van der Waals surface area contributed by atoms with Crippen LogP contribution in [0.4, 0.5) is 16.2 Å². The Morgan fingerprint density at radius 2 is 1.93 bits per heavy atom. The van der Waals surface area contributed by atoms with Gasteiger partial charge >= 0.3 is 16.3 Å². The van der Waals surface area contributed by atoms with Crippen LogP contribution >= 0.6 is 0 Å². The number of ether oxygens (including phenoxy) is 1. The van der Waals surface area contributed by atoms with E-state index < -0.39 is 24.4 Å². The summed E-state index contributed by atoms with van der Waals surface area (Å²) < 4.78 is 36.8. The molecule has 4 rings (SSSR count). The number of nitrogens with zero attached hydrogens (tertiary/aromatic N) is 5. The third kappa shape index (κ3) is 7.89. The van der Waals surface area contributed by atoms with Crippen molar-refractivity contribution in [2.24, 2.45) is 5.41 Å². The van der Waals surface area contributed by atoms with Crippen LogP contribution in [-0.2, 0) is 21.7 Å². The molecule has 1 aliphatic rings. The number of fused-ring (bicyclic) bond motifs is 1. The van der Waals surface area contributed by atoms with Gasteiger partial charge in [-0.3, -0.25) is 9.71 Å². The number of amides is 1. The molecule has 1 amide bonds. The van der Waals surface area contributed by atoms with Crippen molar-refractivity contribution in [3.63, 3.8) is 0 Å². The monoisotopic (exact) mass is 645 g/mol. The molecule has 0 aromatic carbocycles. The molecule has 242 valence electrons. The van der Waals surface area contributed by atoms with E-state index in [-0.39, 0.29) is 17.5 Å². The van der Waals surface area contributed by atoms with Crippen LogP contribution in [-0.4, -0.2) is 90.8 Å². The van der Waals surface area contributed by atoms with Gasteiger partial charge in [-0.05, 0) is 42.5 Å². The van der Waals surface area contributed by atoms with Crippen LogP contribution in [0.1, 0.15) is 33.6 Å². The van der Waals surface area contributed by atoms with E-state index in [1.54, 1.807) is 29.4 Å². The Labute approximate surface area is 262 Å². The number of carboxylic acid groups (broad SMARTS) is 1. The number of hydrogen-bond acceptors (Lipinski definition) is 7. The lowest BCUT2D eigenvalue weighted by atomic mass is 9.77. The van der Waals surface area contributed by atoms with Crippen LogP contribution < -0.4 is 10.0 Å². The lowest BCUT2D eigenvalue weighted by Gasteiger charge is -2.47. The quantitative estimate of drug-likeness (QED) is 0.181. The van der Waals surface area contributed by atoms with Gasteiger partial charge in [0.15, 0.2) is 0 Å². The van der Waals surface area contributed by atoms with E-state index in [1.807, 2.05) is 16.8 Å². The average Bonchev–Trinajstić information content (AvgIpc) is 3.33. The predicted molar refractivity (Wildman–Crippen MR) is 178 cm³/mol. The highest BCUT2D eigenvalue weighted by Crippen LogP contribution is 2.39. The molecule has 1 saturated heterocycles. The van der Waals surface area contributed by atoms with Crippen molar-refractivity contribution in [1.29, 1.82) is 0 Å². The minimum atomic E-state index is -3.72. The van der Waals surface area contributed by atoms with Crippen molar-refractivity contribution < 1.29 is 23.1 Å². The summed E-state index contributed by atoms with van der Waals surface area (Å²) in [6, 6.07) is 5.85. The van der Waals surface area contributed by atoms with E-state index in [4.69, 9.17) is 9.72 Å². The second kappa shape index (κ2) is 13.0. The summed E-state index contributed by atoms with van der Waals surface area (Å²) in [4.78, 5) is 23.2. The number of pyridine rings is 2. The molecule has 0 spiro atoms. The number of hydrogen-bond donors (Lipinski definition) is 3. The number of anilines is 2. The summed E-state index contributed by atoms with van der Waals surface area (Å²) in [7, 11) is -2.04. The van der Waals surface area contributed by atoms with Crippen molar-refractivity contribution in [1.82, 2.24) is 23.7 Å². The number of rotatable bonds is 11. The highest BCUT2D eigenvalue weighted by atomic mass is 32.2. The van der Waals surface area contributed by atoms with E-state index in [2.05, 4.69) is 55.4 Å². The molecule has 12 nitrogen and oxygen atoms in total. The second-order valence-electron chi connectivity index (χ2n) is 13.9. The predicted octanol–water partition coefficient (Wildman–Crippen LogP) is 5.60. The molecule has 0 aliphatic carbocycles. The van der Waals surface area contributed by atoms with Gasteiger partial charge in [-0.15, -0.1) is 0 Å². The maximum atomic E-state index is 12.5. The van der Waals surface area contributed by atoms with Crippen molar-refractivity contribution in [2.45, 2.75) is 78.1 Å². The summed E-state index contributed by atoms with van der Waals surface area (Å²) >= 11 is 0. The fourth-order valence-electron chi connectivity index (χ4n) is 5.63. The molecular formula is C30H47N7O5SSi. The molecule has 3 N–H and O–H groups in total.